The molecule has 9 nitrogen and oxygen atoms in total. The fraction of sp³-hybridized carbons (Fsp3) is 0.464. The number of carbonyl (C=O) groups is 1. The molecule has 1 saturated heterocycles. The van der Waals surface area contributed by atoms with Crippen molar-refractivity contribution in [1.82, 2.24) is 29.9 Å². The third-order valence-corrected chi connectivity index (χ3v) is 6.81. The van der Waals surface area contributed by atoms with Crippen LogP contribution in [0, 0.1) is 0 Å². The number of benzene rings is 2. The highest BCUT2D eigenvalue weighted by atomic mass is 16.3. The lowest BCUT2D eigenvalue weighted by Crippen LogP contribution is -2.45. The van der Waals surface area contributed by atoms with E-state index in [4.69, 9.17) is 0 Å². The molecule has 1 amide bonds. The van der Waals surface area contributed by atoms with Crippen LogP contribution < -0.4 is 5.32 Å². The average molecular weight is 507 g/mol. The van der Waals surface area contributed by atoms with Gasteiger partial charge in [-0.1, -0.05) is 32.9 Å². The molecule has 0 atom stereocenters. The van der Waals surface area contributed by atoms with Crippen molar-refractivity contribution in [3.8, 4) is 28.6 Å². The van der Waals surface area contributed by atoms with Gasteiger partial charge in [0.15, 0.2) is 5.82 Å². The quantitative estimate of drug-likeness (QED) is 0.427. The maximum absolute atomic E-state index is 13.0. The van der Waals surface area contributed by atoms with Crippen LogP contribution in [0.4, 0.5) is 0 Å². The molecule has 3 N–H and O–H groups in total. The van der Waals surface area contributed by atoms with Gasteiger partial charge in [-0.25, -0.2) is 0 Å². The summed E-state index contributed by atoms with van der Waals surface area (Å²) in [5.41, 5.74) is 2.97. The second kappa shape index (κ2) is 11.3. The maximum atomic E-state index is 13.0. The zero-order chi connectivity index (χ0) is 26.7. The van der Waals surface area contributed by atoms with Gasteiger partial charge in [0, 0.05) is 50.5 Å². The number of carbonyl (C=O) groups excluding carboxylic acids is 1. The molecule has 198 valence electrons. The molecule has 1 aliphatic heterocycles. The van der Waals surface area contributed by atoms with Gasteiger partial charge in [-0.2, -0.15) is 0 Å². The number of amides is 1. The normalized spacial score (nSPS) is 15.0. The molecule has 1 aliphatic rings. The molecular formula is C28H38N6O3. The van der Waals surface area contributed by atoms with E-state index in [1.165, 1.54) is 11.6 Å². The molecule has 2 heterocycles. The first kappa shape index (κ1) is 26.6. The molecule has 2 aromatic carbocycles. The van der Waals surface area contributed by atoms with Crippen molar-refractivity contribution >= 4 is 5.91 Å². The lowest BCUT2D eigenvalue weighted by atomic mass is 9.98. The summed E-state index contributed by atoms with van der Waals surface area (Å²) in [6.45, 7) is 16.1. The summed E-state index contributed by atoms with van der Waals surface area (Å²) in [4.78, 5) is 18.0. The minimum atomic E-state index is -0.353. The molecule has 1 fully saturated rings. The Balaban J connectivity index is 1.71. The Kier molecular flexibility index (Phi) is 8.14. The summed E-state index contributed by atoms with van der Waals surface area (Å²) in [5, 5.41) is 32.5. The number of aromatic hydroxyl groups is 2. The van der Waals surface area contributed by atoms with Crippen molar-refractivity contribution in [2.24, 2.45) is 0 Å². The molecule has 3 aromatic rings. The lowest BCUT2D eigenvalue weighted by Gasteiger charge is -2.34. The second-order valence-corrected chi connectivity index (χ2v) is 10.3. The number of nitrogens with one attached hydrogen (secondary N) is 1. The van der Waals surface area contributed by atoms with Crippen LogP contribution in [0.3, 0.4) is 0 Å². The van der Waals surface area contributed by atoms with Gasteiger partial charge in [-0.15, -0.1) is 10.2 Å². The molecule has 0 bridgehead atoms. The summed E-state index contributed by atoms with van der Waals surface area (Å²) in [6, 6.07) is 11.0. The Bertz CT molecular complexity index is 1230. The van der Waals surface area contributed by atoms with Crippen LogP contribution in [0.1, 0.15) is 62.3 Å². The smallest absolute Gasteiger partial charge is 0.289 e. The van der Waals surface area contributed by atoms with Crippen LogP contribution in [-0.4, -0.2) is 79.5 Å². The van der Waals surface area contributed by atoms with Gasteiger partial charge in [0.25, 0.3) is 5.91 Å². The summed E-state index contributed by atoms with van der Waals surface area (Å²) < 4.78 is 1.66. The number of phenols is 2. The number of hydrogen-bond acceptors (Lipinski definition) is 7. The summed E-state index contributed by atoms with van der Waals surface area (Å²) in [7, 11) is 0. The highest BCUT2D eigenvalue weighted by molar-refractivity contribution is 5.92. The van der Waals surface area contributed by atoms with Crippen molar-refractivity contribution in [3.05, 3.63) is 53.3 Å². The van der Waals surface area contributed by atoms with Crippen LogP contribution in [0.25, 0.3) is 17.1 Å². The number of hydrogen-bond donors (Lipinski definition) is 3. The maximum Gasteiger partial charge on any atom is 0.289 e. The predicted molar refractivity (Wildman–Crippen MR) is 144 cm³/mol. The van der Waals surface area contributed by atoms with E-state index in [1.54, 1.807) is 10.6 Å². The fourth-order valence-electron chi connectivity index (χ4n) is 4.68. The molecule has 0 spiro atoms. The van der Waals surface area contributed by atoms with E-state index >= 15 is 0 Å². The van der Waals surface area contributed by atoms with Gasteiger partial charge in [-0.05, 0) is 55.6 Å². The molecule has 0 aliphatic carbocycles. The van der Waals surface area contributed by atoms with Crippen molar-refractivity contribution in [2.45, 2.75) is 53.1 Å². The Morgan fingerprint density at radius 1 is 0.946 bits per heavy atom. The summed E-state index contributed by atoms with van der Waals surface area (Å²) in [5.74, 6) is 0.0211. The highest BCUT2D eigenvalue weighted by Crippen LogP contribution is 2.38. The minimum Gasteiger partial charge on any atom is -0.508 e. The number of nitrogens with zero attached hydrogens (tertiary/aromatic N) is 5. The third-order valence-electron chi connectivity index (χ3n) is 6.81. The number of phenolic OH excluding ortho intramolecular Hbond substituents is 2. The van der Waals surface area contributed by atoms with Crippen LogP contribution in [0.5, 0.6) is 11.5 Å². The van der Waals surface area contributed by atoms with Gasteiger partial charge < -0.3 is 20.4 Å². The van der Waals surface area contributed by atoms with Gasteiger partial charge in [0.05, 0.1) is 5.56 Å². The van der Waals surface area contributed by atoms with Gasteiger partial charge >= 0.3 is 0 Å². The van der Waals surface area contributed by atoms with E-state index in [1.807, 2.05) is 39.8 Å². The highest BCUT2D eigenvalue weighted by Gasteiger charge is 2.25. The predicted octanol–water partition coefficient (Wildman–Crippen LogP) is 3.74. The second-order valence-electron chi connectivity index (χ2n) is 10.3. The SMILES string of the molecule is CCN1CCN(Cc2ccc(-n3c(C(=O)NC(C)C)nnc3-c3cc(C(C)C)c(O)cc3O)cc2)CC1. The molecular weight excluding hydrogens is 468 g/mol. The monoisotopic (exact) mass is 506 g/mol. The van der Waals surface area contributed by atoms with Gasteiger partial charge in [0.2, 0.25) is 5.82 Å². The topological polar surface area (TPSA) is 107 Å². The zero-order valence-corrected chi connectivity index (χ0v) is 22.4. The van der Waals surface area contributed by atoms with Crippen LogP contribution in [-0.2, 0) is 6.54 Å². The first-order valence-electron chi connectivity index (χ1n) is 13.0. The molecule has 1 aromatic heterocycles. The summed E-state index contributed by atoms with van der Waals surface area (Å²) in [6.07, 6.45) is 0. The van der Waals surface area contributed by atoms with E-state index in [9.17, 15) is 15.0 Å². The van der Waals surface area contributed by atoms with Crippen molar-refractivity contribution in [2.75, 3.05) is 32.7 Å². The van der Waals surface area contributed by atoms with Crippen molar-refractivity contribution in [3.63, 3.8) is 0 Å². The molecule has 9 heteroatoms. The number of likely N-dealkylation sites (N-methyl/N-ethyl adjacent to an activating group) is 1. The first-order chi connectivity index (χ1) is 17.7. The van der Waals surface area contributed by atoms with E-state index in [2.05, 4.69) is 44.4 Å². The van der Waals surface area contributed by atoms with Crippen molar-refractivity contribution < 1.29 is 15.0 Å². The Morgan fingerprint density at radius 3 is 2.19 bits per heavy atom. The number of aromatic nitrogens is 3. The Hall–Kier alpha value is -3.43. The summed E-state index contributed by atoms with van der Waals surface area (Å²) >= 11 is 0. The van der Waals surface area contributed by atoms with Crippen LogP contribution >= 0.6 is 0 Å². The standard InChI is InChI=1S/C28H38N6O3/c1-6-32-11-13-33(14-12-32)17-20-7-9-21(10-8-20)34-26(30-31-27(34)28(37)29-19(4)5)23-15-22(18(2)3)24(35)16-25(23)36/h7-10,15-16,18-19,35-36H,6,11-14,17H2,1-5H3,(H,29,37). The molecule has 0 radical (unpaired) electrons. The van der Waals surface area contributed by atoms with E-state index < -0.39 is 0 Å². The van der Waals surface area contributed by atoms with E-state index in [0.717, 1.165) is 39.3 Å². The van der Waals surface area contributed by atoms with E-state index in [0.29, 0.717) is 22.6 Å². The Morgan fingerprint density at radius 2 is 1.59 bits per heavy atom. The lowest BCUT2D eigenvalue weighted by molar-refractivity contribution is 0.0930. The number of piperazine rings is 1. The molecule has 0 unspecified atom stereocenters. The van der Waals surface area contributed by atoms with E-state index in [-0.39, 0.29) is 35.2 Å². The average Bonchev–Trinajstić information content (AvgIpc) is 3.29. The third kappa shape index (κ3) is 5.94. The number of rotatable bonds is 8. The van der Waals surface area contributed by atoms with Gasteiger partial charge in [0.1, 0.15) is 11.5 Å². The van der Waals surface area contributed by atoms with Crippen LogP contribution in [0.2, 0.25) is 0 Å². The molecule has 37 heavy (non-hydrogen) atoms. The first-order valence-corrected chi connectivity index (χ1v) is 13.0. The largest absolute Gasteiger partial charge is 0.508 e. The fourth-order valence-corrected chi connectivity index (χ4v) is 4.68. The zero-order valence-electron chi connectivity index (χ0n) is 22.4. The molecule has 4 rings (SSSR count). The van der Waals surface area contributed by atoms with Crippen molar-refractivity contribution in [1.29, 1.82) is 0 Å². The Labute approximate surface area is 218 Å². The van der Waals surface area contributed by atoms with Gasteiger partial charge in [-0.3, -0.25) is 14.3 Å². The minimum absolute atomic E-state index is 0.0178. The molecule has 0 saturated carbocycles. The van der Waals surface area contributed by atoms with Crippen LogP contribution in [0.15, 0.2) is 36.4 Å².